The van der Waals surface area contributed by atoms with Crippen LogP contribution in [0.4, 0.5) is 0 Å². The fourth-order valence-electron chi connectivity index (χ4n) is 1.68. The summed E-state index contributed by atoms with van der Waals surface area (Å²) in [7, 11) is 0. The van der Waals surface area contributed by atoms with Crippen molar-refractivity contribution in [2.75, 3.05) is 25.2 Å². The van der Waals surface area contributed by atoms with Gasteiger partial charge in [-0.25, -0.2) is 0 Å². The molecule has 3 nitrogen and oxygen atoms in total. The molecule has 108 valence electrons. The topological polar surface area (TPSA) is 49.3 Å². The van der Waals surface area contributed by atoms with Crippen LogP contribution >= 0.6 is 11.8 Å². The number of rotatable bonds is 6. The van der Waals surface area contributed by atoms with Gasteiger partial charge in [-0.05, 0) is 49.1 Å². The van der Waals surface area contributed by atoms with E-state index in [0.29, 0.717) is 18.5 Å². The third kappa shape index (κ3) is 5.68. The molecule has 0 aliphatic carbocycles. The molecule has 0 spiro atoms. The van der Waals surface area contributed by atoms with Gasteiger partial charge in [-0.15, -0.1) is 0 Å². The Labute approximate surface area is 125 Å². The summed E-state index contributed by atoms with van der Waals surface area (Å²) in [5, 5.41) is 11.6. The molecule has 0 unspecified atom stereocenters. The molecule has 0 aliphatic heterocycles. The molecule has 0 heterocycles. The average Bonchev–Trinajstić information content (AvgIpc) is 2.45. The summed E-state index contributed by atoms with van der Waals surface area (Å²) >= 11 is 1.78. The van der Waals surface area contributed by atoms with Crippen LogP contribution in [0.5, 0.6) is 0 Å². The van der Waals surface area contributed by atoms with Gasteiger partial charge in [0.15, 0.2) is 0 Å². The Hall–Kier alpha value is -1.44. The van der Waals surface area contributed by atoms with E-state index in [2.05, 4.69) is 23.4 Å². The van der Waals surface area contributed by atoms with E-state index in [-0.39, 0.29) is 12.5 Å². The van der Waals surface area contributed by atoms with Crippen molar-refractivity contribution in [3.63, 3.8) is 0 Å². The van der Waals surface area contributed by atoms with Gasteiger partial charge in [-0.1, -0.05) is 11.8 Å². The predicted molar refractivity (Wildman–Crippen MR) is 85.1 cm³/mol. The Kier molecular flexibility index (Phi) is 7.86. The normalized spacial score (nSPS) is 9.75. The van der Waals surface area contributed by atoms with Crippen LogP contribution < -0.4 is 5.32 Å². The highest BCUT2D eigenvalue weighted by atomic mass is 32.2. The fraction of sp³-hybridized carbons (Fsp3) is 0.438. The number of benzene rings is 1. The molecule has 0 atom stereocenters. The Bertz CT molecular complexity index is 503. The smallest absolute Gasteiger partial charge is 0.251 e. The van der Waals surface area contributed by atoms with E-state index >= 15 is 0 Å². The first-order valence-corrected chi connectivity index (χ1v) is 8.06. The van der Waals surface area contributed by atoms with Gasteiger partial charge in [0, 0.05) is 24.1 Å². The first kappa shape index (κ1) is 16.6. The van der Waals surface area contributed by atoms with Crippen molar-refractivity contribution in [3.05, 3.63) is 34.9 Å². The standard InChI is InChI=1S/C16H21NO2S/c1-13-12-15(16(19)17-9-5-11-20-2)8-7-14(13)6-3-4-10-18/h7-8,12,18H,4-5,9-11H2,1-2H3,(H,17,19). The van der Waals surface area contributed by atoms with Crippen molar-refractivity contribution in [2.24, 2.45) is 0 Å². The second-order valence-electron chi connectivity index (χ2n) is 4.41. The van der Waals surface area contributed by atoms with E-state index in [1.165, 1.54) is 0 Å². The number of aryl methyl sites for hydroxylation is 1. The van der Waals surface area contributed by atoms with Gasteiger partial charge in [-0.3, -0.25) is 4.79 Å². The highest BCUT2D eigenvalue weighted by molar-refractivity contribution is 7.98. The molecule has 2 N–H and O–H groups in total. The summed E-state index contributed by atoms with van der Waals surface area (Å²) in [6.07, 6.45) is 3.51. The van der Waals surface area contributed by atoms with E-state index in [1.807, 2.05) is 19.1 Å². The number of aliphatic hydroxyl groups excluding tert-OH is 1. The molecule has 0 bridgehead atoms. The molecule has 0 aliphatic rings. The average molecular weight is 291 g/mol. The summed E-state index contributed by atoms with van der Waals surface area (Å²) in [5.74, 6) is 6.90. The van der Waals surface area contributed by atoms with E-state index in [4.69, 9.17) is 5.11 Å². The van der Waals surface area contributed by atoms with Crippen molar-refractivity contribution < 1.29 is 9.90 Å². The molecule has 1 amide bonds. The van der Waals surface area contributed by atoms with Gasteiger partial charge in [0.1, 0.15) is 0 Å². The number of hydrogen-bond acceptors (Lipinski definition) is 3. The second-order valence-corrected chi connectivity index (χ2v) is 5.39. The van der Waals surface area contributed by atoms with E-state index < -0.39 is 0 Å². The lowest BCUT2D eigenvalue weighted by atomic mass is 10.0. The van der Waals surface area contributed by atoms with Gasteiger partial charge in [0.05, 0.1) is 6.61 Å². The minimum Gasteiger partial charge on any atom is -0.395 e. The number of amides is 1. The number of carbonyl (C=O) groups excluding carboxylic acids is 1. The van der Waals surface area contributed by atoms with Crippen LogP contribution in [0.25, 0.3) is 0 Å². The van der Waals surface area contributed by atoms with Gasteiger partial charge >= 0.3 is 0 Å². The maximum atomic E-state index is 11.9. The van der Waals surface area contributed by atoms with Crippen molar-refractivity contribution in [3.8, 4) is 11.8 Å². The molecule has 1 aromatic carbocycles. The van der Waals surface area contributed by atoms with Crippen molar-refractivity contribution >= 4 is 17.7 Å². The summed E-state index contributed by atoms with van der Waals surface area (Å²) < 4.78 is 0. The molecule has 1 rings (SSSR count). The van der Waals surface area contributed by atoms with E-state index in [1.54, 1.807) is 17.8 Å². The van der Waals surface area contributed by atoms with E-state index in [9.17, 15) is 4.79 Å². The third-order valence-corrected chi connectivity index (χ3v) is 3.46. The van der Waals surface area contributed by atoms with E-state index in [0.717, 1.165) is 23.3 Å². The minimum atomic E-state index is -0.0379. The van der Waals surface area contributed by atoms with Gasteiger partial charge in [0.25, 0.3) is 5.91 Å². The maximum Gasteiger partial charge on any atom is 0.251 e. The third-order valence-electron chi connectivity index (χ3n) is 2.76. The minimum absolute atomic E-state index is 0.0379. The van der Waals surface area contributed by atoms with Crippen molar-refractivity contribution in [1.82, 2.24) is 5.32 Å². The zero-order valence-corrected chi connectivity index (χ0v) is 12.8. The SMILES string of the molecule is CSCCCNC(=O)c1ccc(C#CCCO)c(C)c1. The number of aliphatic hydroxyl groups is 1. The maximum absolute atomic E-state index is 11.9. The van der Waals surface area contributed by atoms with Crippen LogP contribution in [-0.2, 0) is 0 Å². The Morgan fingerprint density at radius 1 is 1.45 bits per heavy atom. The van der Waals surface area contributed by atoms with Gasteiger partial charge in [-0.2, -0.15) is 11.8 Å². The quantitative estimate of drug-likeness (QED) is 0.624. The Balaban J connectivity index is 2.62. The molecule has 0 aromatic heterocycles. The van der Waals surface area contributed by atoms with Crippen LogP contribution in [0.3, 0.4) is 0 Å². The molecular formula is C16H21NO2S. The summed E-state index contributed by atoms with van der Waals surface area (Å²) in [6.45, 7) is 2.72. The lowest BCUT2D eigenvalue weighted by Gasteiger charge is -2.06. The molecule has 0 fully saturated rings. The first-order valence-electron chi connectivity index (χ1n) is 6.66. The molecule has 20 heavy (non-hydrogen) atoms. The summed E-state index contributed by atoms with van der Waals surface area (Å²) in [4.78, 5) is 11.9. The number of thioether (sulfide) groups is 1. The second kappa shape index (κ2) is 9.46. The highest BCUT2D eigenvalue weighted by Crippen LogP contribution is 2.10. The van der Waals surface area contributed by atoms with Gasteiger partial charge in [0.2, 0.25) is 0 Å². The molecule has 0 saturated carbocycles. The number of nitrogens with one attached hydrogen (secondary N) is 1. The number of carbonyl (C=O) groups is 1. The molecule has 0 radical (unpaired) electrons. The Morgan fingerprint density at radius 3 is 2.90 bits per heavy atom. The number of hydrogen-bond donors (Lipinski definition) is 2. The van der Waals surface area contributed by atoms with Crippen LogP contribution in [0.1, 0.15) is 34.3 Å². The summed E-state index contributed by atoms with van der Waals surface area (Å²) in [5.41, 5.74) is 2.55. The first-order chi connectivity index (χ1) is 9.69. The lowest BCUT2D eigenvalue weighted by Crippen LogP contribution is -2.24. The zero-order valence-electron chi connectivity index (χ0n) is 12.0. The molecule has 0 saturated heterocycles. The zero-order chi connectivity index (χ0) is 14.8. The largest absolute Gasteiger partial charge is 0.395 e. The lowest BCUT2D eigenvalue weighted by molar-refractivity contribution is 0.0953. The van der Waals surface area contributed by atoms with Crippen molar-refractivity contribution in [1.29, 1.82) is 0 Å². The Morgan fingerprint density at radius 2 is 2.25 bits per heavy atom. The van der Waals surface area contributed by atoms with Crippen LogP contribution in [0.2, 0.25) is 0 Å². The fourth-order valence-corrected chi connectivity index (χ4v) is 2.11. The molecule has 4 heteroatoms. The highest BCUT2D eigenvalue weighted by Gasteiger charge is 2.06. The predicted octanol–water partition coefficient (Wildman–Crippen LogP) is 2.21. The molecule has 1 aromatic rings. The van der Waals surface area contributed by atoms with Crippen molar-refractivity contribution in [2.45, 2.75) is 19.8 Å². The monoisotopic (exact) mass is 291 g/mol. The van der Waals surface area contributed by atoms with Crippen LogP contribution in [0, 0.1) is 18.8 Å². The van der Waals surface area contributed by atoms with Gasteiger partial charge < -0.3 is 10.4 Å². The van der Waals surface area contributed by atoms with Crippen LogP contribution in [0.15, 0.2) is 18.2 Å². The van der Waals surface area contributed by atoms with Crippen LogP contribution in [-0.4, -0.2) is 36.2 Å². The molecular weight excluding hydrogens is 270 g/mol. The summed E-state index contributed by atoms with van der Waals surface area (Å²) in [6, 6.07) is 5.50.